The van der Waals surface area contributed by atoms with Gasteiger partial charge in [0.1, 0.15) is 0 Å². The molecule has 1 fully saturated rings. The molecule has 0 aromatic carbocycles. The average molecular weight is 228 g/mol. The summed E-state index contributed by atoms with van der Waals surface area (Å²) in [6.45, 7) is 8.12. The molecule has 2 unspecified atom stereocenters. The molecule has 0 aliphatic carbocycles. The first-order valence-electron chi connectivity index (χ1n) is 6.83. The van der Waals surface area contributed by atoms with Crippen LogP contribution in [0.4, 0.5) is 0 Å². The van der Waals surface area contributed by atoms with Gasteiger partial charge in [-0.2, -0.15) is 0 Å². The summed E-state index contributed by atoms with van der Waals surface area (Å²) in [7, 11) is 0. The first-order valence-corrected chi connectivity index (χ1v) is 6.83. The smallest absolute Gasteiger partial charge is 0.0593 e. The molecule has 0 amide bonds. The summed E-state index contributed by atoms with van der Waals surface area (Å²) in [5.41, 5.74) is 5.83. The normalized spacial score (nSPS) is 27.2. The molecular formula is C13H28N2O. The molecule has 16 heavy (non-hydrogen) atoms. The summed E-state index contributed by atoms with van der Waals surface area (Å²) in [6.07, 6.45) is 6.29. The Labute approximate surface area is 100 Å². The molecule has 0 bridgehead atoms. The number of hydrogen-bond acceptors (Lipinski definition) is 3. The van der Waals surface area contributed by atoms with E-state index in [1.807, 2.05) is 0 Å². The first-order chi connectivity index (χ1) is 7.79. The van der Waals surface area contributed by atoms with Gasteiger partial charge in [-0.1, -0.05) is 19.8 Å². The highest BCUT2D eigenvalue weighted by Crippen LogP contribution is 2.21. The maximum absolute atomic E-state index is 5.83. The van der Waals surface area contributed by atoms with Crippen molar-refractivity contribution in [2.75, 3.05) is 26.3 Å². The fourth-order valence-corrected chi connectivity index (χ4v) is 2.52. The molecule has 0 saturated carbocycles. The van der Waals surface area contributed by atoms with Gasteiger partial charge in [0.25, 0.3) is 0 Å². The number of unbranched alkanes of at least 4 members (excludes halogenated alkanes) is 1. The molecular weight excluding hydrogens is 200 g/mol. The standard InChI is InChI=1S/C13H28N2O/c1-3-4-9-16-10-8-15-12(2)6-5-7-13(15)11-14/h12-13H,3-11,14H2,1-2H3. The van der Waals surface area contributed by atoms with E-state index in [-0.39, 0.29) is 0 Å². The molecule has 3 heteroatoms. The molecule has 0 aromatic heterocycles. The Kier molecular flexibility index (Phi) is 7.01. The highest BCUT2D eigenvalue weighted by atomic mass is 16.5. The highest BCUT2D eigenvalue weighted by molar-refractivity contribution is 4.82. The van der Waals surface area contributed by atoms with Crippen LogP contribution in [-0.2, 0) is 4.74 Å². The Bertz CT molecular complexity index is 175. The van der Waals surface area contributed by atoms with Crippen LogP contribution in [0.1, 0.15) is 46.0 Å². The molecule has 1 saturated heterocycles. The van der Waals surface area contributed by atoms with Gasteiger partial charge in [0.05, 0.1) is 6.61 Å². The van der Waals surface area contributed by atoms with E-state index in [9.17, 15) is 0 Å². The van der Waals surface area contributed by atoms with Crippen molar-refractivity contribution in [3.05, 3.63) is 0 Å². The van der Waals surface area contributed by atoms with E-state index in [2.05, 4.69) is 18.7 Å². The highest BCUT2D eigenvalue weighted by Gasteiger charge is 2.26. The van der Waals surface area contributed by atoms with Crippen molar-refractivity contribution in [1.29, 1.82) is 0 Å². The molecule has 1 aliphatic heterocycles. The lowest BCUT2D eigenvalue weighted by Crippen LogP contribution is -2.50. The van der Waals surface area contributed by atoms with E-state index in [0.29, 0.717) is 12.1 Å². The van der Waals surface area contributed by atoms with Gasteiger partial charge in [-0.25, -0.2) is 0 Å². The van der Waals surface area contributed by atoms with Crippen molar-refractivity contribution in [2.45, 2.75) is 58.0 Å². The Morgan fingerprint density at radius 1 is 1.31 bits per heavy atom. The third-order valence-corrected chi connectivity index (χ3v) is 3.60. The fourth-order valence-electron chi connectivity index (χ4n) is 2.52. The molecule has 1 heterocycles. The van der Waals surface area contributed by atoms with Gasteiger partial charge in [-0.05, 0) is 26.2 Å². The van der Waals surface area contributed by atoms with Crippen molar-refractivity contribution in [3.8, 4) is 0 Å². The molecule has 2 N–H and O–H groups in total. The largest absolute Gasteiger partial charge is 0.380 e. The number of nitrogens with two attached hydrogens (primary N) is 1. The third-order valence-electron chi connectivity index (χ3n) is 3.60. The minimum Gasteiger partial charge on any atom is -0.380 e. The van der Waals surface area contributed by atoms with E-state index in [4.69, 9.17) is 10.5 Å². The Morgan fingerprint density at radius 3 is 2.81 bits per heavy atom. The van der Waals surface area contributed by atoms with Crippen molar-refractivity contribution >= 4 is 0 Å². The minimum absolute atomic E-state index is 0.582. The maximum atomic E-state index is 5.83. The second kappa shape index (κ2) is 8.04. The van der Waals surface area contributed by atoms with Gasteiger partial charge in [0.2, 0.25) is 0 Å². The maximum Gasteiger partial charge on any atom is 0.0593 e. The monoisotopic (exact) mass is 228 g/mol. The number of nitrogens with zero attached hydrogens (tertiary/aromatic N) is 1. The van der Waals surface area contributed by atoms with Crippen LogP contribution in [0, 0.1) is 0 Å². The second-order valence-corrected chi connectivity index (χ2v) is 4.87. The molecule has 0 radical (unpaired) electrons. The molecule has 1 rings (SSSR count). The van der Waals surface area contributed by atoms with Crippen LogP contribution in [0.2, 0.25) is 0 Å². The number of piperidine rings is 1. The number of hydrogen-bond donors (Lipinski definition) is 1. The van der Waals surface area contributed by atoms with E-state index in [1.165, 1.54) is 32.1 Å². The van der Waals surface area contributed by atoms with Crippen LogP contribution in [0.5, 0.6) is 0 Å². The Hall–Kier alpha value is -0.120. The zero-order chi connectivity index (χ0) is 11.8. The molecule has 2 atom stereocenters. The van der Waals surface area contributed by atoms with Crippen LogP contribution in [-0.4, -0.2) is 43.3 Å². The van der Waals surface area contributed by atoms with E-state index >= 15 is 0 Å². The second-order valence-electron chi connectivity index (χ2n) is 4.87. The zero-order valence-electron chi connectivity index (χ0n) is 11.0. The van der Waals surface area contributed by atoms with Gasteiger partial charge in [0.15, 0.2) is 0 Å². The predicted octanol–water partition coefficient (Wildman–Crippen LogP) is 2.00. The number of rotatable bonds is 7. The molecule has 3 nitrogen and oxygen atoms in total. The quantitative estimate of drug-likeness (QED) is 0.677. The summed E-state index contributed by atoms with van der Waals surface area (Å²) < 4.78 is 5.64. The van der Waals surface area contributed by atoms with Crippen molar-refractivity contribution in [3.63, 3.8) is 0 Å². The van der Waals surface area contributed by atoms with Crippen LogP contribution < -0.4 is 5.73 Å². The van der Waals surface area contributed by atoms with Crippen LogP contribution in [0.3, 0.4) is 0 Å². The summed E-state index contributed by atoms with van der Waals surface area (Å²) in [4.78, 5) is 2.54. The SMILES string of the molecule is CCCCOCCN1C(C)CCCC1CN. The van der Waals surface area contributed by atoms with Gasteiger partial charge in [-0.15, -0.1) is 0 Å². The molecule has 0 aromatic rings. The van der Waals surface area contributed by atoms with Crippen molar-refractivity contribution < 1.29 is 4.74 Å². The average Bonchev–Trinajstić information content (AvgIpc) is 2.30. The predicted molar refractivity (Wildman–Crippen MR) is 68.6 cm³/mol. The summed E-state index contributed by atoms with van der Waals surface area (Å²) in [5.74, 6) is 0. The van der Waals surface area contributed by atoms with Crippen LogP contribution >= 0.6 is 0 Å². The zero-order valence-corrected chi connectivity index (χ0v) is 11.0. The van der Waals surface area contributed by atoms with Gasteiger partial charge >= 0.3 is 0 Å². The van der Waals surface area contributed by atoms with E-state index < -0.39 is 0 Å². The topological polar surface area (TPSA) is 38.5 Å². The summed E-state index contributed by atoms with van der Waals surface area (Å²) >= 11 is 0. The summed E-state index contributed by atoms with van der Waals surface area (Å²) in [5, 5.41) is 0. The Balaban J connectivity index is 2.20. The van der Waals surface area contributed by atoms with Crippen LogP contribution in [0.25, 0.3) is 0 Å². The lowest BCUT2D eigenvalue weighted by Gasteiger charge is -2.40. The van der Waals surface area contributed by atoms with E-state index in [0.717, 1.165) is 26.3 Å². The van der Waals surface area contributed by atoms with Crippen LogP contribution in [0.15, 0.2) is 0 Å². The van der Waals surface area contributed by atoms with E-state index in [1.54, 1.807) is 0 Å². The lowest BCUT2D eigenvalue weighted by atomic mass is 9.96. The van der Waals surface area contributed by atoms with Gasteiger partial charge < -0.3 is 10.5 Å². The third kappa shape index (κ3) is 4.40. The molecule has 96 valence electrons. The molecule has 0 spiro atoms. The van der Waals surface area contributed by atoms with Crippen molar-refractivity contribution in [2.24, 2.45) is 5.73 Å². The number of ether oxygens (including phenoxy) is 1. The first kappa shape index (κ1) is 13.9. The fraction of sp³-hybridized carbons (Fsp3) is 1.00. The molecule has 1 aliphatic rings. The lowest BCUT2D eigenvalue weighted by molar-refractivity contribution is 0.0457. The van der Waals surface area contributed by atoms with Gasteiger partial charge in [0, 0.05) is 31.8 Å². The Morgan fingerprint density at radius 2 is 2.12 bits per heavy atom. The van der Waals surface area contributed by atoms with Crippen molar-refractivity contribution in [1.82, 2.24) is 4.90 Å². The number of likely N-dealkylation sites (tertiary alicyclic amines) is 1. The minimum atomic E-state index is 0.582. The van der Waals surface area contributed by atoms with Gasteiger partial charge in [-0.3, -0.25) is 4.90 Å². The summed E-state index contributed by atoms with van der Waals surface area (Å²) in [6, 6.07) is 1.26.